The average molecular weight is 366 g/mol. The number of fused-ring (bicyclic) bond motifs is 1. The van der Waals surface area contributed by atoms with E-state index in [1.54, 1.807) is 18.2 Å². The maximum atomic E-state index is 14.0. The van der Waals surface area contributed by atoms with Crippen LogP contribution in [0.25, 0.3) is 11.0 Å². The van der Waals surface area contributed by atoms with Crippen LogP contribution in [0.1, 0.15) is 61.3 Å². The third-order valence-electron chi connectivity index (χ3n) is 4.83. The van der Waals surface area contributed by atoms with Crippen LogP contribution in [0, 0.1) is 12.7 Å². The van der Waals surface area contributed by atoms with Crippen molar-refractivity contribution in [2.24, 2.45) is 0 Å². The number of rotatable bonds is 3. The molecule has 1 aromatic carbocycles. The Hall–Kier alpha value is -2.76. The van der Waals surface area contributed by atoms with Gasteiger partial charge in [-0.25, -0.2) is 14.1 Å². The van der Waals surface area contributed by atoms with Crippen LogP contribution >= 0.6 is 0 Å². The van der Waals surface area contributed by atoms with Gasteiger partial charge in [-0.05, 0) is 58.7 Å². The monoisotopic (exact) mass is 366 g/mol. The van der Waals surface area contributed by atoms with E-state index < -0.39 is 5.82 Å². The molecule has 1 aliphatic carbocycles. The average Bonchev–Trinajstić information content (AvgIpc) is 3.39. The zero-order valence-corrected chi connectivity index (χ0v) is 16.0. The molecule has 6 heteroatoms. The molecule has 2 heterocycles. The molecule has 0 bridgehead atoms. The van der Waals surface area contributed by atoms with Crippen LogP contribution < -0.4 is 5.32 Å². The van der Waals surface area contributed by atoms with Gasteiger partial charge in [-0.1, -0.05) is 12.1 Å². The van der Waals surface area contributed by atoms with E-state index in [1.165, 1.54) is 6.07 Å². The Morgan fingerprint density at radius 1 is 1.26 bits per heavy atom. The number of para-hydroxylation sites is 1. The molecule has 27 heavy (non-hydrogen) atoms. The first kappa shape index (κ1) is 17.6. The number of hydrogen-bond donors (Lipinski definition) is 1. The number of aromatic nitrogens is 3. The number of carbonyl (C=O) groups excluding carboxylic acids is 1. The zero-order valence-electron chi connectivity index (χ0n) is 16.0. The van der Waals surface area contributed by atoms with Crippen LogP contribution in [0.4, 0.5) is 10.1 Å². The van der Waals surface area contributed by atoms with E-state index in [0.717, 1.165) is 29.6 Å². The van der Waals surface area contributed by atoms with E-state index in [1.807, 2.05) is 17.7 Å². The molecule has 1 saturated carbocycles. The molecule has 3 aromatic rings. The van der Waals surface area contributed by atoms with E-state index in [9.17, 15) is 9.18 Å². The largest absolute Gasteiger partial charge is 0.319 e. The second-order valence-corrected chi connectivity index (χ2v) is 8.17. The lowest BCUT2D eigenvalue weighted by Crippen LogP contribution is -2.23. The molecule has 4 rings (SSSR count). The summed E-state index contributed by atoms with van der Waals surface area (Å²) in [6.45, 7) is 8.05. The Labute approximate surface area is 157 Å². The van der Waals surface area contributed by atoms with Gasteiger partial charge in [-0.3, -0.25) is 4.79 Å². The normalized spacial score (nSPS) is 14.6. The maximum absolute atomic E-state index is 14.0. The van der Waals surface area contributed by atoms with Crippen molar-refractivity contribution in [3.05, 3.63) is 53.1 Å². The predicted octanol–water partition coefficient (Wildman–Crippen LogP) is 4.76. The molecule has 0 aliphatic heterocycles. The summed E-state index contributed by atoms with van der Waals surface area (Å²) in [5.74, 6) is -0.412. The molecular formula is C21H23FN4O. The Morgan fingerprint density at radius 3 is 2.59 bits per heavy atom. The van der Waals surface area contributed by atoms with Crippen molar-refractivity contribution in [1.29, 1.82) is 0 Å². The fraction of sp³-hybridized carbons (Fsp3) is 0.381. The number of amides is 1. The minimum Gasteiger partial charge on any atom is -0.319 e. The SMILES string of the molecule is Cc1nn(C(C)(C)C)c2nc(C3CC3)cc(C(=O)Nc3ccccc3F)c12. The Morgan fingerprint density at radius 2 is 1.96 bits per heavy atom. The summed E-state index contributed by atoms with van der Waals surface area (Å²) in [4.78, 5) is 17.9. The van der Waals surface area contributed by atoms with Crippen molar-refractivity contribution in [2.75, 3.05) is 5.32 Å². The second-order valence-electron chi connectivity index (χ2n) is 8.17. The van der Waals surface area contributed by atoms with Crippen molar-refractivity contribution < 1.29 is 9.18 Å². The standard InChI is InChI=1S/C21H23FN4O/c1-12-18-14(20(27)24-16-8-6-5-7-15(16)22)11-17(13-9-10-13)23-19(18)26(25-12)21(2,3)4/h5-8,11,13H,9-10H2,1-4H3,(H,24,27). The van der Waals surface area contributed by atoms with Crippen LogP contribution in [0.2, 0.25) is 0 Å². The molecule has 0 atom stereocenters. The van der Waals surface area contributed by atoms with Gasteiger partial charge in [0, 0.05) is 11.6 Å². The minimum absolute atomic E-state index is 0.168. The van der Waals surface area contributed by atoms with Gasteiger partial charge < -0.3 is 5.32 Å². The van der Waals surface area contributed by atoms with Crippen molar-refractivity contribution in [3.8, 4) is 0 Å². The molecule has 0 unspecified atom stereocenters. The van der Waals surface area contributed by atoms with E-state index >= 15 is 0 Å². The first-order valence-corrected chi connectivity index (χ1v) is 9.22. The number of nitrogens with zero attached hydrogens (tertiary/aromatic N) is 3. The quantitative estimate of drug-likeness (QED) is 0.727. The van der Waals surface area contributed by atoms with E-state index in [-0.39, 0.29) is 17.1 Å². The number of carbonyl (C=O) groups is 1. The lowest BCUT2D eigenvalue weighted by molar-refractivity contribution is 0.102. The number of anilines is 1. The Balaban J connectivity index is 1.87. The van der Waals surface area contributed by atoms with Crippen LogP contribution in [0.3, 0.4) is 0 Å². The van der Waals surface area contributed by atoms with Crippen LogP contribution in [-0.2, 0) is 5.54 Å². The molecular weight excluding hydrogens is 343 g/mol. The zero-order chi connectivity index (χ0) is 19.3. The van der Waals surface area contributed by atoms with Crippen molar-refractivity contribution >= 4 is 22.6 Å². The summed E-state index contributed by atoms with van der Waals surface area (Å²) in [7, 11) is 0. The Kier molecular flexibility index (Phi) is 4.02. The summed E-state index contributed by atoms with van der Waals surface area (Å²) in [5, 5.41) is 8.08. The van der Waals surface area contributed by atoms with Crippen molar-refractivity contribution in [2.45, 2.75) is 52.0 Å². The minimum atomic E-state index is -0.458. The summed E-state index contributed by atoms with van der Waals surface area (Å²) < 4.78 is 15.9. The number of aryl methyl sites for hydroxylation is 1. The molecule has 1 fully saturated rings. The van der Waals surface area contributed by atoms with Gasteiger partial charge in [0.15, 0.2) is 5.65 Å². The van der Waals surface area contributed by atoms with Crippen molar-refractivity contribution in [3.63, 3.8) is 0 Å². The highest BCUT2D eigenvalue weighted by atomic mass is 19.1. The molecule has 1 N–H and O–H groups in total. The van der Waals surface area contributed by atoms with Gasteiger partial charge in [0.05, 0.1) is 27.9 Å². The lowest BCUT2D eigenvalue weighted by atomic mass is 10.1. The van der Waals surface area contributed by atoms with Gasteiger partial charge in [-0.2, -0.15) is 5.10 Å². The molecule has 1 aliphatic rings. The number of benzene rings is 1. The van der Waals surface area contributed by atoms with E-state index in [0.29, 0.717) is 17.1 Å². The van der Waals surface area contributed by atoms with Gasteiger partial charge >= 0.3 is 0 Å². The van der Waals surface area contributed by atoms with Crippen LogP contribution in [-0.4, -0.2) is 20.7 Å². The van der Waals surface area contributed by atoms with Crippen LogP contribution in [0.15, 0.2) is 30.3 Å². The second kappa shape index (κ2) is 6.15. The van der Waals surface area contributed by atoms with Gasteiger partial charge in [0.25, 0.3) is 5.91 Å². The fourth-order valence-corrected chi connectivity index (χ4v) is 3.30. The van der Waals surface area contributed by atoms with Crippen LogP contribution in [0.5, 0.6) is 0 Å². The number of hydrogen-bond acceptors (Lipinski definition) is 3. The van der Waals surface area contributed by atoms with Gasteiger partial charge in [0.1, 0.15) is 5.82 Å². The maximum Gasteiger partial charge on any atom is 0.256 e. The predicted molar refractivity (Wildman–Crippen MR) is 104 cm³/mol. The summed E-state index contributed by atoms with van der Waals surface area (Å²) in [6.07, 6.45) is 2.16. The van der Waals surface area contributed by atoms with Gasteiger partial charge in [-0.15, -0.1) is 0 Å². The molecule has 5 nitrogen and oxygen atoms in total. The highest BCUT2D eigenvalue weighted by Gasteiger charge is 2.30. The van der Waals surface area contributed by atoms with Crippen molar-refractivity contribution in [1.82, 2.24) is 14.8 Å². The molecule has 2 aromatic heterocycles. The molecule has 0 radical (unpaired) electrons. The summed E-state index contributed by atoms with van der Waals surface area (Å²) in [6, 6.07) is 8.02. The topological polar surface area (TPSA) is 59.8 Å². The highest BCUT2D eigenvalue weighted by molar-refractivity contribution is 6.12. The highest BCUT2D eigenvalue weighted by Crippen LogP contribution is 2.41. The lowest BCUT2D eigenvalue weighted by Gasteiger charge is -2.20. The molecule has 0 spiro atoms. The summed E-state index contributed by atoms with van der Waals surface area (Å²) in [5.41, 5.74) is 2.77. The Bertz CT molecular complexity index is 1040. The molecule has 140 valence electrons. The number of halogens is 1. The van der Waals surface area contributed by atoms with Gasteiger partial charge in [0.2, 0.25) is 0 Å². The summed E-state index contributed by atoms with van der Waals surface area (Å²) >= 11 is 0. The third-order valence-corrected chi connectivity index (χ3v) is 4.83. The molecule has 0 saturated heterocycles. The molecule has 1 amide bonds. The first-order chi connectivity index (χ1) is 12.8. The number of pyridine rings is 1. The van der Waals surface area contributed by atoms with E-state index in [4.69, 9.17) is 4.98 Å². The third kappa shape index (κ3) is 3.20. The van der Waals surface area contributed by atoms with E-state index in [2.05, 4.69) is 31.2 Å². The smallest absolute Gasteiger partial charge is 0.256 e. The number of nitrogens with one attached hydrogen (secondary N) is 1. The fourth-order valence-electron chi connectivity index (χ4n) is 3.30. The first-order valence-electron chi connectivity index (χ1n) is 9.22.